The number of hydrogen-bond acceptors (Lipinski definition) is 19. The Morgan fingerprint density at radius 2 is 0.660 bits per heavy atom. The minimum absolute atomic E-state index is 0.0188. The zero-order valence-corrected chi connectivity index (χ0v) is 51.7. The highest BCUT2D eigenvalue weighted by atomic mass is 16.8. The van der Waals surface area contributed by atoms with Crippen LogP contribution in [0.4, 0.5) is 0 Å². The number of carbonyl (C=O) groups excluding carboxylic acids is 3. The van der Waals surface area contributed by atoms with Gasteiger partial charge in [0.25, 0.3) is 0 Å². The number of esters is 3. The van der Waals surface area contributed by atoms with Gasteiger partial charge in [-0.1, -0.05) is 206 Å². The molecule has 3 aliphatic heterocycles. The molecule has 11 rings (SSSR count). The van der Waals surface area contributed by atoms with E-state index in [1.54, 1.807) is 91.0 Å². The third-order valence-corrected chi connectivity index (χ3v) is 16.2. The fourth-order valence-electron chi connectivity index (χ4n) is 11.3. The first-order valence-corrected chi connectivity index (χ1v) is 31.3. The Hall–Kier alpha value is -8.35. The molecule has 0 aromatic heterocycles. The Morgan fingerprint density at radius 3 is 1.10 bits per heavy atom. The lowest BCUT2D eigenvalue weighted by Gasteiger charge is -2.50. The number of aliphatic hydroxyl groups excluding tert-OH is 2. The molecule has 8 aromatic rings. The van der Waals surface area contributed by atoms with Gasteiger partial charge in [0.05, 0.1) is 62.9 Å². The number of benzene rings is 8. The lowest BCUT2D eigenvalue weighted by molar-refractivity contribution is -0.384. The highest BCUT2D eigenvalue weighted by Gasteiger charge is 2.58. The average Bonchev–Trinajstić information content (AvgIpc) is 0.775. The Kier molecular flexibility index (Phi) is 24.4. The average molecular weight is 1280 g/mol. The van der Waals surface area contributed by atoms with Gasteiger partial charge in [0.1, 0.15) is 67.6 Å². The van der Waals surface area contributed by atoms with Crippen LogP contribution in [0.3, 0.4) is 0 Å². The second kappa shape index (κ2) is 34.2. The van der Waals surface area contributed by atoms with E-state index < -0.39 is 117 Å². The molecular weight excluding hydrogens is 1200 g/mol. The number of ether oxygens (including phenoxy) is 14. The van der Waals surface area contributed by atoms with Crippen molar-refractivity contribution in [3.05, 3.63) is 287 Å². The molecule has 0 bridgehead atoms. The van der Waals surface area contributed by atoms with Crippen molar-refractivity contribution >= 4 is 17.9 Å². The van der Waals surface area contributed by atoms with Crippen molar-refractivity contribution in [2.24, 2.45) is 0 Å². The maximum Gasteiger partial charge on any atom is 0.338 e. The molecule has 0 saturated carbocycles. The molecule has 19 heteroatoms. The molecule has 15 unspecified atom stereocenters. The highest BCUT2D eigenvalue weighted by molar-refractivity contribution is 5.90. The molecule has 19 nitrogen and oxygen atoms in total. The fraction of sp³-hybridized carbons (Fsp3) is 0.320. The topological polar surface area (TPSA) is 221 Å². The van der Waals surface area contributed by atoms with Crippen molar-refractivity contribution in [2.75, 3.05) is 26.9 Å². The summed E-state index contributed by atoms with van der Waals surface area (Å²) in [6.07, 6.45) is -22.3. The van der Waals surface area contributed by atoms with E-state index in [-0.39, 0.29) is 62.9 Å². The van der Waals surface area contributed by atoms with Gasteiger partial charge in [-0.2, -0.15) is 0 Å². The molecule has 3 heterocycles. The van der Waals surface area contributed by atoms with Gasteiger partial charge in [-0.15, -0.1) is 0 Å². The smallest absolute Gasteiger partial charge is 0.338 e. The van der Waals surface area contributed by atoms with E-state index in [0.29, 0.717) is 0 Å². The van der Waals surface area contributed by atoms with Crippen molar-refractivity contribution in [1.29, 1.82) is 0 Å². The molecule has 2 N–H and O–H groups in total. The fourth-order valence-corrected chi connectivity index (χ4v) is 11.3. The van der Waals surface area contributed by atoms with Crippen LogP contribution in [-0.4, -0.2) is 147 Å². The van der Waals surface area contributed by atoms with Gasteiger partial charge in [-0.05, 0) is 64.2 Å². The number of methoxy groups -OCH3 is 1. The van der Waals surface area contributed by atoms with E-state index in [9.17, 15) is 19.8 Å². The molecule has 94 heavy (non-hydrogen) atoms. The monoisotopic (exact) mass is 1280 g/mol. The van der Waals surface area contributed by atoms with Crippen LogP contribution < -0.4 is 0 Å². The van der Waals surface area contributed by atoms with Crippen LogP contribution in [0.25, 0.3) is 0 Å². The van der Waals surface area contributed by atoms with Gasteiger partial charge in [-0.3, -0.25) is 0 Å². The first kappa shape index (κ1) is 67.1. The number of aliphatic hydroxyl groups is 2. The lowest BCUT2D eigenvalue weighted by atomic mass is 9.95. The van der Waals surface area contributed by atoms with E-state index in [0.717, 1.165) is 27.8 Å². The van der Waals surface area contributed by atoms with E-state index in [1.807, 2.05) is 152 Å². The van der Waals surface area contributed by atoms with Crippen LogP contribution >= 0.6 is 0 Å². The SMILES string of the molecule is COC1OC(COCc2ccccc2)C(OC2OC(COC(=O)c3ccccc3)C(OC(=O)c3ccccc3)C(OC3OC(COCc4ccccc4)C(OCc4ccccc4)C(OCc4ccccc4)C3OCc3ccccc3)C2OC(=O)c2ccccc2)C(O)C1O. The zero-order valence-electron chi connectivity index (χ0n) is 51.7. The van der Waals surface area contributed by atoms with Crippen LogP contribution in [0.5, 0.6) is 0 Å². The van der Waals surface area contributed by atoms with Gasteiger partial charge in [-0.25, -0.2) is 14.4 Å². The Labute approximate surface area is 545 Å². The summed E-state index contributed by atoms with van der Waals surface area (Å²) in [5.41, 5.74) is 4.56. The third-order valence-electron chi connectivity index (χ3n) is 16.2. The summed E-state index contributed by atoms with van der Waals surface area (Å²) in [6, 6.07) is 72.1. The van der Waals surface area contributed by atoms with Gasteiger partial charge in [0.2, 0.25) is 0 Å². The van der Waals surface area contributed by atoms with Crippen molar-refractivity contribution in [3.8, 4) is 0 Å². The molecular formula is C75H76O19. The van der Waals surface area contributed by atoms with Gasteiger partial charge >= 0.3 is 17.9 Å². The summed E-state index contributed by atoms with van der Waals surface area (Å²) in [7, 11) is 1.31. The summed E-state index contributed by atoms with van der Waals surface area (Å²) in [4.78, 5) is 44.0. The quantitative estimate of drug-likeness (QED) is 0.0329. The van der Waals surface area contributed by atoms with E-state index in [4.69, 9.17) is 66.3 Å². The number of rotatable bonds is 29. The molecule has 3 saturated heterocycles. The van der Waals surface area contributed by atoms with Crippen LogP contribution in [-0.2, 0) is 99.4 Å². The van der Waals surface area contributed by atoms with Crippen molar-refractivity contribution < 1.29 is 90.9 Å². The molecule has 0 aliphatic carbocycles. The second-order valence-corrected chi connectivity index (χ2v) is 22.8. The Bertz CT molecular complexity index is 3530. The predicted octanol–water partition coefficient (Wildman–Crippen LogP) is 9.80. The molecule has 0 amide bonds. The van der Waals surface area contributed by atoms with Crippen molar-refractivity contribution in [3.63, 3.8) is 0 Å². The standard InChI is InChI=1S/C75H76O19/c1-81-73-62(77)61(76)63(58(88-73)47-82-42-50-26-10-2-11-27-50)93-75-69(92-72(80)57-40-24-9-25-41-57)67(65(91-71(79)56-38-22-8-23-39-56)60(90-75)49-87-70(78)55-36-20-7-21-37-55)94-74-68(86-46-54-34-18-6-19-35-54)66(85-45-53-32-16-5-17-33-53)64(84-44-52-30-14-4-15-31-52)59(89-74)48-83-43-51-28-12-3-13-29-51/h2-41,58-69,73-77H,42-49H2,1H3. The summed E-state index contributed by atoms with van der Waals surface area (Å²) < 4.78 is 93.7. The van der Waals surface area contributed by atoms with E-state index >= 15 is 4.79 Å². The third kappa shape index (κ3) is 18.1. The predicted molar refractivity (Wildman–Crippen MR) is 340 cm³/mol. The normalized spacial score (nSPS) is 26.0. The maximum absolute atomic E-state index is 15.0. The largest absolute Gasteiger partial charge is 0.459 e. The summed E-state index contributed by atoms with van der Waals surface area (Å²) in [6.45, 7) is -0.543. The maximum atomic E-state index is 15.0. The van der Waals surface area contributed by atoms with Crippen LogP contribution in [0.15, 0.2) is 243 Å². The molecule has 15 atom stereocenters. The molecule has 0 spiro atoms. The minimum atomic E-state index is -1.87. The van der Waals surface area contributed by atoms with E-state index in [1.165, 1.54) is 7.11 Å². The van der Waals surface area contributed by atoms with Crippen LogP contribution in [0.1, 0.15) is 58.9 Å². The Balaban J connectivity index is 1.05. The first-order valence-electron chi connectivity index (χ1n) is 31.3. The molecule has 0 radical (unpaired) electrons. The molecule has 8 aromatic carbocycles. The van der Waals surface area contributed by atoms with Gasteiger partial charge < -0.3 is 76.5 Å². The summed E-state index contributed by atoms with van der Waals surface area (Å²) >= 11 is 0. The highest BCUT2D eigenvalue weighted by Crippen LogP contribution is 2.39. The zero-order chi connectivity index (χ0) is 64.9. The van der Waals surface area contributed by atoms with Gasteiger partial charge in [0.15, 0.2) is 31.1 Å². The van der Waals surface area contributed by atoms with Crippen molar-refractivity contribution in [2.45, 2.75) is 125 Å². The van der Waals surface area contributed by atoms with Gasteiger partial charge in [0, 0.05) is 7.11 Å². The molecule has 3 fully saturated rings. The molecule has 3 aliphatic rings. The second-order valence-electron chi connectivity index (χ2n) is 22.8. The number of carbonyl (C=O) groups is 3. The number of hydrogen-bond donors (Lipinski definition) is 2. The van der Waals surface area contributed by atoms with Crippen molar-refractivity contribution in [1.82, 2.24) is 0 Å². The van der Waals surface area contributed by atoms with Crippen LogP contribution in [0, 0.1) is 0 Å². The van der Waals surface area contributed by atoms with E-state index in [2.05, 4.69) is 0 Å². The first-order chi connectivity index (χ1) is 46.1. The molecule has 490 valence electrons. The Morgan fingerprint density at radius 1 is 0.330 bits per heavy atom. The summed E-state index contributed by atoms with van der Waals surface area (Å²) in [5.74, 6) is -2.55. The van der Waals surface area contributed by atoms with Crippen LogP contribution in [0.2, 0.25) is 0 Å². The minimum Gasteiger partial charge on any atom is -0.459 e. The lowest BCUT2D eigenvalue weighted by Crippen LogP contribution is -2.68. The summed E-state index contributed by atoms with van der Waals surface area (Å²) in [5, 5.41) is 23.9.